The fourth-order valence-corrected chi connectivity index (χ4v) is 6.53. The quantitative estimate of drug-likeness (QED) is 0.631. The van der Waals surface area contributed by atoms with E-state index in [9.17, 15) is 13.2 Å². The second-order valence-corrected chi connectivity index (χ2v) is 10.3. The number of aryl methyl sites for hydroxylation is 3. The van der Waals surface area contributed by atoms with Crippen molar-refractivity contribution >= 4 is 31.6 Å². The summed E-state index contributed by atoms with van der Waals surface area (Å²) in [5, 5.41) is 0. The van der Waals surface area contributed by atoms with Crippen LogP contribution in [0.4, 0.5) is 0 Å². The number of aromatic nitrogens is 1. The second-order valence-electron chi connectivity index (χ2n) is 7.56. The topological polar surface area (TPSA) is 68.2 Å². The van der Waals surface area contributed by atoms with Gasteiger partial charge in [-0.1, -0.05) is 36.5 Å². The van der Waals surface area contributed by atoms with Crippen molar-refractivity contribution in [2.45, 2.75) is 63.4 Å². The van der Waals surface area contributed by atoms with Gasteiger partial charge in [0.25, 0.3) is 0 Å². The first-order valence-corrected chi connectivity index (χ1v) is 12.5. The summed E-state index contributed by atoms with van der Waals surface area (Å²) in [7, 11) is -3.70. The number of hydrogen-bond donors (Lipinski definition) is 1. The molecule has 0 saturated carbocycles. The molecule has 2 aromatic carbocycles. The molecule has 0 saturated heterocycles. The highest BCUT2D eigenvalue weighted by molar-refractivity contribution is 7.89. The zero-order valence-electron chi connectivity index (χ0n) is 16.8. The first kappa shape index (κ1) is 20.3. The molecule has 7 heteroatoms. The molecule has 0 radical (unpaired) electrons. The molecule has 1 N–H and O–H groups in total. The summed E-state index contributed by atoms with van der Waals surface area (Å²) < 4.78 is 31.4. The van der Waals surface area contributed by atoms with Crippen LogP contribution in [-0.2, 0) is 29.4 Å². The van der Waals surface area contributed by atoms with Crippen LogP contribution in [0.2, 0.25) is 0 Å². The maximum absolute atomic E-state index is 13.1. The fourth-order valence-electron chi connectivity index (χ4n) is 4.13. The van der Waals surface area contributed by atoms with Crippen LogP contribution in [0, 0.1) is 0 Å². The Labute approximate surface area is 175 Å². The molecule has 3 aromatic rings. The number of hydrogen-bond acceptors (Lipinski definition) is 4. The van der Waals surface area contributed by atoms with Crippen LogP contribution >= 0.6 is 11.3 Å². The molecular formula is C22H26N2O3S2. The molecule has 0 fully saturated rings. The van der Waals surface area contributed by atoms with Crippen molar-refractivity contribution in [1.82, 2.24) is 9.29 Å². The lowest BCUT2D eigenvalue weighted by Gasteiger charge is -2.21. The lowest BCUT2D eigenvalue weighted by molar-refractivity contribution is 0.549. The standard InChI is InChI=1S/C22H26N2O3S2/c1-3-19(17-10-9-15-7-5-6-8-16(15)13-17)23-29(26,27)18-11-12-20-21(14-18)28-22(25)24(20)4-2/h9-14,19,23H,3-8H2,1-2H3/t19-/m1/s1. The Balaban J connectivity index is 1.64. The maximum Gasteiger partial charge on any atom is 0.308 e. The van der Waals surface area contributed by atoms with Gasteiger partial charge in [0, 0.05) is 12.6 Å². The van der Waals surface area contributed by atoms with Gasteiger partial charge in [0.05, 0.1) is 15.1 Å². The molecule has 4 rings (SSSR count). The molecule has 0 unspecified atom stereocenters. The van der Waals surface area contributed by atoms with Crippen molar-refractivity contribution in [1.29, 1.82) is 0 Å². The Hall–Kier alpha value is -1.96. The number of fused-ring (bicyclic) bond motifs is 2. The first-order valence-electron chi connectivity index (χ1n) is 10.2. The second kappa shape index (κ2) is 8.05. The number of thiazole rings is 1. The minimum Gasteiger partial charge on any atom is -0.299 e. The van der Waals surface area contributed by atoms with E-state index in [-0.39, 0.29) is 15.8 Å². The van der Waals surface area contributed by atoms with Crippen molar-refractivity contribution in [2.24, 2.45) is 0 Å². The summed E-state index contributed by atoms with van der Waals surface area (Å²) in [6.07, 6.45) is 5.26. The molecule has 0 amide bonds. The van der Waals surface area contributed by atoms with Gasteiger partial charge >= 0.3 is 4.87 Å². The van der Waals surface area contributed by atoms with E-state index in [1.165, 1.54) is 24.0 Å². The Morgan fingerprint density at radius 2 is 1.83 bits per heavy atom. The third kappa shape index (κ3) is 3.91. The van der Waals surface area contributed by atoms with E-state index < -0.39 is 10.0 Å². The third-order valence-electron chi connectivity index (χ3n) is 5.75. The highest BCUT2D eigenvalue weighted by Crippen LogP contribution is 2.28. The Bertz CT molecular complexity index is 1210. The summed E-state index contributed by atoms with van der Waals surface area (Å²) in [5.41, 5.74) is 4.53. The Morgan fingerprint density at radius 1 is 1.07 bits per heavy atom. The predicted octanol–water partition coefficient (Wildman–Crippen LogP) is 4.39. The monoisotopic (exact) mass is 430 g/mol. The van der Waals surface area contributed by atoms with Gasteiger partial charge in [-0.2, -0.15) is 0 Å². The summed E-state index contributed by atoms with van der Waals surface area (Å²) in [6, 6.07) is 11.0. The molecule has 0 bridgehead atoms. The van der Waals surface area contributed by atoms with Gasteiger partial charge in [-0.15, -0.1) is 0 Å². The minimum absolute atomic E-state index is 0.0644. The van der Waals surface area contributed by atoms with Crippen molar-refractivity contribution in [3.05, 3.63) is 62.8 Å². The van der Waals surface area contributed by atoms with E-state index in [1.54, 1.807) is 22.8 Å². The van der Waals surface area contributed by atoms with Gasteiger partial charge in [-0.3, -0.25) is 9.36 Å². The number of nitrogens with one attached hydrogen (secondary N) is 1. The molecule has 1 aromatic heterocycles. The van der Waals surface area contributed by atoms with Gasteiger partial charge in [-0.25, -0.2) is 13.1 Å². The molecule has 1 aliphatic rings. The van der Waals surface area contributed by atoms with Crippen LogP contribution in [0.5, 0.6) is 0 Å². The molecule has 29 heavy (non-hydrogen) atoms. The average molecular weight is 431 g/mol. The SMILES string of the molecule is CC[C@@H](NS(=O)(=O)c1ccc2c(c1)sc(=O)n2CC)c1ccc2c(c1)CCCC2. The van der Waals surface area contributed by atoms with Gasteiger partial charge < -0.3 is 0 Å². The van der Waals surface area contributed by atoms with Gasteiger partial charge in [0.15, 0.2) is 0 Å². The summed E-state index contributed by atoms with van der Waals surface area (Å²) in [6.45, 7) is 4.46. The number of benzene rings is 2. The highest BCUT2D eigenvalue weighted by atomic mass is 32.2. The summed E-state index contributed by atoms with van der Waals surface area (Å²) in [4.78, 5) is 12.2. The Kier molecular flexibility index (Phi) is 5.64. The van der Waals surface area contributed by atoms with Crippen molar-refractivity contribution in [2.75, 3.05) is 0 Å². The summed E-state index contributed by atoms with van der Waals surface area (Å²) >= 11 is 1.09. The zero-order valence-corrected chi connectivity index (χ0v) is 18.4. The lowest BCUT2D eigenvalue weighted by Crippen LogP contribution is -2.28. The molecule has 154 valence electrons. The van der Waals surface area contributed by atoms with Crippen LogP contribution in [0.15, 0.2) is 46.1 Å². The summed E-state index contributed by atoms with van der Waals surface area (Å²) in [5.74, 6) is 0. The van der Waals surface area contributed by atoms with E-state index in [2.05, 4.69) is 22.9 Å². The van der Waals surface area contributed by atoms with E-state index in [1.807, 2.05) is 13.8 Å². The largest absolute Gasteiger partial charge is 0.308 e. The third-order valence-corrected chi connectivity index (χ3v) is 8.16. The normalized spacial score (nSPS) is 15.4. The van der Waals surface area contributed by atoms with Crippen LogP contribution < -0.4 is 9.60 Å². The smallest absolute Gasteiger partial charge is 0.299 e. The maximum atomic E-state index is 13.1. The van der Waals surface area contributed by atoms with Gasteiger partial charge in [0.2, 0.25) is 10.0 Å². The molecule has 0 spiro atoms. The molecular weight excluding hydrogens is 404 g/mol. The highest BCUT2D eigenvalue weighted by Gasteiger charge is 2.22. The Morgan fingerprint density at radius 3 is 2.55 bits per heavy atom. The van der Waals surface area contributed by atoms with E-state index in [0.717, 1.165) is 35.3 Å². The van der Waals surface area contributed by atoms with Crippen LogP contribution in [-0.4, -0.2) is 13.0 Å². The first-order chi connectivity index (χ1) is 13.9. The average Bonchev–Trinajstić information content (AvgIpc) is 3.05. The van der Waals surface area contributed by atoms with E-state index in [4.69, 9.17) is 0 Å². The van der Waals surface area contributed by atoms with E-state index in [0.29, 0.717) is 17.7 Å². The van der Waals surface area contributed by atoms with Crippen molar-refractivity contribution in [3.8, 4) is 0 Å². The van der Waals surface area contributed by atoms with Crippen molar-refractivity contribution < 1.29 is 8.42 Å². The zero-order chi connectivity index (χ0) is 20.6. The van der Waals surface area contributed by atoms with Crippen LogP contribution in [0.1, 0.15) is 55.8 Å². The molecule has 0 aliphatic heterocycles. The van der Waals surface area contributed by atoms with Crippen LogP contribution in [0.25, 0.3) is 10.2 Å². The van der Waals surface area contributed by atoms with E-state index >= 15 is 0 Å². The lowest BCUT2D eigenvalue weighted by atomic mass is 9.89. The fraction of sp³-hybridized carbons (Fsp3) is 0.409. The number of nitrogens with zero attached hydrogens (tertiary/aromatic N) is 1. The molecule has 1 atom stereocenters. The predicted molar refractivity (Wildman–Crippen MR) is 118 cm³/mol. The molecule has 5 nitrogen and oxygen atoms in total. The van der Waals surface area contributed by atoms with Gasteiger partial charge in [-0.05, 0) is 73.9 Å². The minimum atomic E-state index is -3.70. The van der Waals surface area contributed by atoms with Crippen molar-refractivity contribution in [3.63, 3.8) is 0 Å². The molecule has 1 aliphatic carbocycles. The van der Waals surface area contributed by atoms with Gasteiger partial charge in [0.1, 0.15) is 0 Å². The van der Waals surface area contributed by atoms with Crippen LogP contribution in [0.3, 0.4) is 0 Å². The number of sulfonamides is 1. The molecule has 1 heterocycles. The number of rotatable bonds is 6.